The van der Waals surface area contributed by atoms with Gasteiger partial charge >= 0.3 is 0 Å². The van der Waals surface area contributed by atoms with Crippen LogP contribution in [0.3, 0.4) is 0 Å². The molecule has 1 saturated heterocycles. The molecular formula is C25H30N2O4. The van der Waals surface area contributed by atoms with E-state index >= 15 is 0 Å². The Kier molecular flexibility index (Phi) is 5.38. The van der Waals surface area contributed by atoms with Gasteiger partial charge in [0.05, 0.1) is 12.8 Å². The van der Waals surface area contributed by atoms with Crippen molar-refractivity contribution in [2.24, 2.45) is 5.92 Å². The van der Waals surface area contributed by atoms with E-state index in [2.05, 4.69) is 34.9 Å². The van der Waals surface area contributed by atoms with Crippen molar-refractivity contribution in [2.45, 2.75) is 31.7 Å². The molecule has 3 unspecified atom stereocenters. The molecule has 2 aliphatic heterocycles. The number of carbonyl (C=O) groups excluding carboxylic acids is 1. The van der Waals surface area contributed by atoms with Crippen LogP contribution in [0.2, 0.25) is 0 Å². The number of amides is 1. The second-order valence-corrected chi connectivity index (χ2v) is 8.68. The lowest BCUT2D eigenvalue weighted by molar-refractivity contribution is -0.134. The van der Waals surface area contributed by atoms with Gasteiger partial charge in [-0.15, -0.1) is 0 Å². The largest absolute Gasteiger partial charge is 0.495 e. The predicted molar refractivity (Wildman–Crippen MR) is 119 cm³/mol. The quantitative estimate of drug-likeness (QED) is 0.752. The minimum Gasteiger partial charge on any atom is -0.495 e. The van der Waals surface area contributed by atoms with E-state index in [1.165, 1.54) is 5.56 Å². The van der Waals surface area contributed by atoms with Gasteiger partial charge < -0.3 is 24.0 Å². The van der Waals surface area contributed by atoms with Crippen LogP contribution in [0.15, 0.2) is 42.5 Å². The van der Waals surface area contributed by atoms with Gasteiger partial charge in [0, 0.05) is 31.6 Å². The molecule has 3 aliphatic rings. The molecule has 1 saturated carbocycles. The molecule has 2 heterocycles. The fraction of sp³-hybridized carbons (Fsp3) is 0.480. The Hall–Kier alpha value is -2.89. The summed E-state index contributed by atoms with van der Waals surface area (Å²) in [7, 11) is 1.71. The first-order chi connectivity index (χ1) is 15.2. The molecule has 6 nitrogen and oxygen atoms in total. The summed E-state index contributed by atoms with van der Waals surface area (Å²) >= 11 is 0. The summed E-state index contributed by atoms with van der Waals surface area (Å²) in [5.74, 6) is 3.13. The molecule has 5 rings (SSSR count). The normalized spacial score (nSPS) is 25.0. The number of methoxy groups -OCH3 is 1. The zero-order valence-corrected chi connectivity index (χ0v) is 18.3. The van der Waals surface area contributed by atoms with E-state index in [0.29, 0.717) is 13.2 Å². The molecule has 0 spiro atoms. The topological polar surface area (TPSA) is 51.2 Å². The first-order valence-electron chi connectivity index (χ1n) is 11.2. The number of anilines is 1. The van der Waals surface area contributed by atoms with Gasteiger partial charge in [-0.25, -0.2) is 0 Å². The van der Waals surface area contributed by atoms with Gasteiger partial charge in [-0.2, -0.15) is 0 Å². The third-order valence-electron chi connectivity index (χ3n) is 6.77. The van der Waals surface area contributed by atoms with Crippen LogP contribution in [0.1, 0.15) is 31.2 Å². The molecule has 164 valence electrons. The Morgan fingerprint density at radius 1 is 1.03 bits per heavy atom. The van der Waals surface area contributed by atoms with Gasteiger partial charge in [0.2, 0.25) is 5.91 Å². The lowest BCUT2D eigenvalue weighted by Gasteiger charge is -2.27. The van der Waals surface area contributed by atoms with E-state index in [4.69, 9.17) is 14.2 Å². The highest BCUT2D eigenvalue weighted by Crippen LogP contribution is 2.50. The lowest BCUT2D eigenvalue weighted by atomic mass is 10.1. The number of carbonyl (C=O) groups is 1. The minimum absolute atomic E-state index is 0.0721. The van der Waals surface area contributed by atoms with Crippen LogP contribution in [0.25, 0.3) is 0 Å². The highest BCUT2D eigenvalue weighted by Gasteiger charge is 2.47. The monoisotopic (exact) mass is 422 g/mol. The summed E-state index contributed by atoms with van der Waals surface area (Å²) < 4.78 is 16.9. The number of rotatable bonds is 4. The fourth-order valence-corrected chi connectivity index (χ4v) is 4.86. The number of ether oxygens (including phenoxy) is 3. The Labute approximate surface area is 183 Å². The smallest absolute Gasteiger partial charge is 0.226 e. The standard InChI is InChI=1S/C25H30N2O4/c1-17-9-10-26(21-5-3-4-6-22(21)29-2)11-12-27(17)25(28)20-16-19(20)18-7-8-23-24(15-18)31-14-13-30-23/h3-8,15,17,19-20H,9-14,16H2,1-2H3. The average molecular weight is 423 g/mol. The predicted octanol–water partition coefficient (Wildman–Crippen LogP) is 3.70. The molecule has 2 aromatic rings. The van der Waals surface area contributed by atoms with Crippen LogP contribution in [-0.4, -0.2) is 56.8 Å². The molecule has 2 aromatic carbocycles. The fourth-order valence-electron chi connectivity index (χ4n) is 4.86. The summed E-state index contributed by atoms with van der Waals surface area (Å²) in [6, 6.07) is 14.5. The van der Waals surface area contributed by atoms with E-state index in [1.54, 1.807) is 7.11 Å². The Bertz CT molecular complexity index is 962. The number of nitrogens with zero attached hydrogens (tertiary/aromatic N) is 2. The van der Waals surface area contributed by atoms with Crippen LogP contribution >= 0.6 is 0 Å². The first-order valence-corrected chi connectivity index (χ1v) is 11.2. The summed E-state index contributed by atoms with van der Waals surface area (Å²) in [6.07, 6.45) is 1.86. The van der Waals surface area contributed by atoms with Gasteiger partial charge in [0.25, 0.3) is 0 Å². The third kappa shape index (κ3) is 3.91. The van der Waals surface area contributed by atoms with Crippen LogP contribution < -0.4 is 19.1 Å². The molecule has 1 amide bonds. The molecule has 0 radical (unpaired) electrons. The van der Waals surface area contributed by atoms with Crippen molar-refractivity contribution in [3.8, 4) is 17.2 Å². The van der Waals surface area contributed by atoms with Crippen LogP contribution in [-0.2, 0) is 4.79 Å². The maximum absolute atomic E-state index is 13.4. The van der Waals surface area contributed by atoms with Crippen molar-refractivity contribution in [2.75, 3.05) is 44.9 Å². The minimum atomic E-state index is 0.0721. The maximum atomic E-state index is 13.4. The second-order valence-electron chi connectivity index (χ2n) is 8.68. The number of hydrogen-bond acceptors (Lipinski definition) is 5. The van der Waals surface area contributed by atoms with Crippen molar-refractivity contribution in [1.29, 1.82) is 0 Å². The Morgan fingerprint density at radius 2 is 1.84 bits per heavy atom. The number of hydrogen-bond donors (Lipinski definition) is 0. The van der Waals surface area contributed by atoms with Crippen molar-refractivity contribution in [3.63, 3.8) is 0 Å². The molecule has 6 heteroatoms. The summed E-state index contributed by atoms with van der Waals surface area (Å²) in [5, 5.41) is 0. The van der Waals surface area contributed by atoms with Gasteiger partial charge in [-0.1, -0.05) is 18.2 Å². The first kappa shape index (κ1) is 20.0. The SMILES string of the molecule is COc1ccccc1N1CCC(C)N(C(=O)C2CC2c2ccc3c(c2)OCCO3)CC1. The molecule has 2 fully saturated rings. The highest BCUT2D eigenvalue weighted by molar-refractivity contribution is 5.83. The Morgan fingerprint density at radius 3 is 2.68 bits per heavy atom. The van der Waals surface area contributed by atoms with E-state index in [1.807, 2.05) is 24.3 Å². The van der Waals surface area contributed by atoms with Crippen molar-refractivity contribution in [1.82, 2.24) is 4.90 Å². The zero-order chi connectivity index (χ0) is 21.4. The number of para-hydroxylation sites is 2. The average Bonchev–Trinajstić information content (AvgIpc) is 3.63. The lowest BCUT2D eigenvalue weighted by Crippen LogP contribution is -2.41. The third-order valence-corrected chi connectivity index (χ3v) is 6.77. The molecule has 0 bridgehead atoms. The van der Waals surface area contributed by atoms with Gasteiger partial charge in [-0.05, 0) is 55.5 Å². The van der Waals surface area contributed by atoms with E-state index in [9.17, 15) is 4.79 Å². The number of benzene rings is 2. The summed E-state index contributed by atoms with van der Waals surface area (Å²) in [5.41, 5.74) is 2.28. The Balaban J connectivity index is 1.26. The van der Waals surface area contributed by atoms with Crippen LogP contribution in [0.4, 0.5) is 5.69 Å². The zero-order valence-electron chi connectivity index (χ0n) is 18.3. The molecule has 3 atom stereocenters. The van der Waals surface area contributed by atoms with E-state index in [0.717, 1.165) is 55.4 Å². The van der Waals surface area contributed by atoms with Crippen LogP contribution in [0, 0.1) is 5.92 Å². The molecule has 1 aliphatic carbocycles. The van der Waals surface area contributed by atoms with Gasteiger partial charge in [0.1, 0.15) is 19.0 Å². The molecule has 31 heavy (non-hydrogen) atoms. The van der Waals surface area contributed by atoms with Crippen molar-refractivity contribution in [3.05, 3.63) is 48.0 Å². The van der Waals surface area contributed by atoms with Crippen LogP contribution in [0.5, 0.6) is 17.2 Å². The van der Waals surface area contributed by atoms with Crippen molar-refractivity contribution < 1.29 is 19.0 Å². The molecular weight excluding hydrogens is 392 g/mol. The second kappa shape index (κ2) is 8.33. The number of fused-ring (bicyclic) bond motifs is 1. The van der Waals surface area contributed by atoms with E-state index in [-0.39, 0.29) is 23.8 Å². The maximum Gasteiger partial charge on any atom is 0.226 e. The molecule has 0 N–H and O–H groups in total. The van der Waals surface area contributed by atoms with Gasteiger partial charge in [0.15, 0.2) is 11.5 Å². The van der Waals surface area contributed by atoms with Crippen molar-refractivity contribution >= 4 is 11.6 Å². The van der Waals surface area contributed by atoms with Gasteiger partial charge in [-0.3, -0.25) is 4.79 Å². The summed E-state index contributed by atoms with van der Waals surface area (Å²) in [6.45, 7) is 5.82. The summed E-state index contributed by atoms with van der Waals surface area (Å²) in [4.78, 5) is 17.8. The molecule has 0 aromatic heterocycles. The highest BCUT2D eigenvalue weighted by atomic mass is 16.6. The van der Waals surface area contributed by atoms with E-state index < -0.39 is 0 Å².